The number of hydrogen-bond acceptors (Lipinski definition) is 9. The van der Waals surface area contributed by atoms with Crippen molar-refractivity contribution in [3.63, 3.8) is 0 Å². The van der Waals surface area contributed by atoms with Crippen LogP contribution in [-0.4, -0.2) is 44.2 Å². The first-order valence-electron chi connectivity index (χ1n) is 13.5. The summed E-state index contributed by atoms with van der Waals surface area (Å²) in [6.07, 6.45) is 5.05. The molecule has 0 saturated heterocycles. The number of carboxylic acids is 2. The van der Waals surface area contributed by atoms with Crippen molar-refractivity contribution in [1.82, 2.24) is 9.97 Å². The van der Waals surface area contributed by atoms with Gasteiger partial charge >= 0.3 is 31.9 Å². The van der Waals surface area contributed by atoms with Gasteiger partial charge in [0.25, 0.3) is 0 Å². The molecule has 8 nitrogen and oxygen atoms in total. The average molecular weight is 653 g/mol. The Hall–Kier alpha value is -3.53. The van der Waals surface area contributed by atoms with E-state index in [0.29, 0.717) is 25.6 Å². The molecule has 0 bridgehead atoms. The van der Waals surface area contributed by atoms with E-state index in [9.17, 15) is 14.7 Å². The van der Waals surface area contributed by atoms with Crippen LogP contribution in [0, 0.1) is 0 Å². The van der Waals surface area contributed by atoms with Crippen LogP contribution >= 0.6 is 34.3 Å². The van der Waals surface area contributed by atoms with E-state index in [4.69, 9.17) is 26.8 Å². The maximum Gasteiger partial charge on any atom is 1.00 e. The average Bonchev–Trinajstić information content (AvgIpc) is 3.68. The number of pyridine rings is 2. The SMILES string of the molecule is CCc1ccccc1-c1ccnc2cc(C(=O)O)sc12.CCc1ccccc1B(O)O.O=C([O-])c1cc2nccc(Cl)c2s1.[Li+]. The van der Waals surface area contributed by atoms with Crippen molar-refractivity contribution in [2.45, 2.75) is 26.7 Å². The minimum Gasteiger partial charge on any atom is -0.544 e. The third-order valence-electron chi connectivity index (χ3n) is 6.59. The van der Waals surface area contributed by atoms with Crippen LogP contribution in [0.15, 0.2) is 85.2 Å². The number of carbonyl (C=O) groups excluding carboxylic acids is 1. The molecule has 3 N–H and O–H groups in total. The molecule has 6 aromatic rings. The van der Waals surface area contributed by atoms with Crippen LogP contribution in [0.3, 0.4) is 0 Å². The summed E-state index contributed by atoms with van der Waals surface area (Å²) >= 11 is 8.19. The fourth-order valence-electron chi connectivity index (χ4n) is 4.46. The van der Waals surface area contributed by atoms with Crippen LogP contribution in [0.1, 0.15) is 44.3 Å². The van der Waals surface area contributed by atoms with Gasteiger partial charge in [-0.05, 0) is 59.3 Å². The Labute approximate surface area is 285 Å². The first kappa shape index (κ1) is 35.9. The summed E-state index contributed by atoms with van der Waals surface area (Å²) in [4.78, 5) is 30.4. The summed E-state index contributed by atoms with van der Waals surface area (Å²) in [5, 5.41) is 37.9. The van der Waals surface area contributed by atoms with Gasteiger partial charge in [-0.15, -0.1) is 22.7 Å². The number of benzene rings is 2. The van der Waals surface area contributed by atoms with Crippen LogP contribution < -0.4 is 29.4 Å². The Morgan fingerprint density at radius 3 is 1.93 bits per heavy atom. The van der Waals surface area contributed by atoms with Gasteiger partial charge in [-0.25, -0.2) is 4.79 Å². The predicted octanol–water partition coefficient (Wildman–Crippen LogP) is 2.47. The molecule has 0 amide bonds. The molecule has 0 spiro atoms. The minimum atomic E-state index is -1.34. The summed E-state index contributed by atoms with van der Waals surface area (Å²) < 4.78 is 1.62. The minimum absolute atomic E-state index is 0. The summed E-state index contributed by atoms with van der Waals surface area (Å²) in [6, 6.07) is 22.2. The van der Waals surface area contributed by atoms with Crippen molar-refractivity contribution in [2.24, 2.45) is 0 Å². The molecule has 13 heteroatoms. The number of aromatic nitrogens is 2. The van der Waals surface area contributed by atoms with Gasteiger partial charge in [0.1, 0.15) is 4.88 Å². The molecule has 0 atom stereocenters. The van der Waals surface area contributed by atoms with Gasteiger partial charge < -0.3 is 25.1 Å². The molecule has 45 heavy (non-hydrogen) atoms. The first-order valence-corrected chi connectivity index (χ1v) is 15.5. The van der Waals surface area contributed by atoms with E-state index in [-0.39, 0.29) is 23.7 Å². The number of hydrogen-bond donors (Lipinski definition) is 3. The monoisotopic (exact) mass is 652 g/mol. The molecule has 0 saturated carbocycles. The second kappa shape index (κ2) is 16.7. The Bertz CT molecular complexity index is 1930. The topological polar surface area (TPSA) is 144 Å². The normalized spacial score (nSPS) is 10.2. The van der Waals surface area contributed by atoms with Crippen molar-refractivity contribution in [1.29, 1.82) is 0 Å². The fraction of sp³-hybridized carbons (Fsp3) is 0.125. The number of aryl methyl sites for hydroxylation is 2. The molecule has 0 aliphatic rings. The van der Waals surface area contributed by atoms with E-state index < -0.39 is 19.1 Å². The third kappa shape index (κ3) is 8.81. The van der Waals surface area contributed by atoms with Gasteiger partial charge in [0.2, 0.25) is 0 Å². The number of thiophene rings is 2. The zero-order valence-corrected chi connectivity index (χ0v) is 27.1. The maximum absolute atomic E-state index is 11.1. The number of nitrogens with zero attached hydrogens (tertiary/aromatic N) is 2. The van der Waals surface area contributed by atoms with Gasteiger partial charge in [0, 0.05) is 18.0 Å². The van der Waals surface area contributed by atoms with E-state index in [0.717, 1.165) is 51.1 Å². The van der Waals surface area contributed by atoms with Crippen LogP contribution in [0.4, 0.5) is 0 Å². The summed E-state index contributed by atoms with van der Waals surface area (Å²) in [5.74, 6) is -2.10. The van der Waals surface area contributed by atoms with E-state index in [2.05, 4.69) is 29.0 Å². The molecule has 0 aliphatic carbocycles. The standard InChI is InChI=1S/C16H13NO2S.C8H11BO2.C8H4ClNO2S.Li/c1-2-10-5-3-4-6-11(10)12-7-8-17-13-9-14(16(18)19)20-15(12)13;1-2-7-5-3-4-6-8(7)9(10)11;9-4-1-2-10-5-3-6(8(11)12)13-7(4)5;/h3-9H,2H2,1H3,(H,18,19);3-6,10-11H,2H2,1H3;1-3H,(H,11,12);/q;;;+1/p-1. The number of halogens is 1. The van der Waals surface area contributed by atoms with Crippen molar-refractivity contribution in [3.05, 3.63) is 111 Å². The van der Waals surface area contributed by atoms with Gasteiger partial charge in [-0.2, -0.15) is 0 Å². The largest absolute Gasteiger partial charge is 1.00 e. The molecular formula is C32H27BClLiN2O6S2. The Kier molecular flexibility index (Phi) is 13.3. The van der Waals surface area contributed by atoms with E-state index >= 15 is 0 Å². The number of carbonyl (C=O) groups is 2. The van der Waals surface area contributed by atoms with Crippen molar-refractivity contribution in [2.75, 3.05) is 0 Å². The third-order valence-corrected chi connectivity index (χ3v) is 9.30. The number of rotatable bonds is 6. The summed E-state index contributed by atoms with van der Waals surface area (Å²) in [5.41, 5.74) is 6.40. The first-order chi connectivity index (χ1) is 21.1. The second-order valence-corrected chi connectivity index (χ2v) is 11.8. The van der Waals surface area contributed by atoms with Crippen molar-refractivity contribution >= 4 is 79.2 Å². The molecule has 224 valence electrons. The van der Waals surface area contributed by atoms with Crippen molar-refractivity contribution in [3.8, 4) is 11.1 Å². The predicted molar refractivity (Wildman–Crippen MR) is 176 cm³/mol. The van der Waals surface area contributed by atoms with E-state index in [1.165, 1.54) is 29.2 Å². The number of aromatic carboxylic acids is 2. The van der Waals surface area contributed by atoms with Crippen LogP contribution in [-0.2, 0) is 12.8 Å². The molecule has 2 aromatic carbocycles. The van der Waals surface area contributed by atoms with E-state index in [1.54, 1.807) is 30.5 Å². The Morgan fingerprint density at radius 2 is 1.36 bits per heavy atom. The maximum atomic E-state index is 11.1. The number of carboxylic acid groups (broad SMARTS) is 2. The zero-order chi connectivity index (χ0) is 31.8. The molecule has 0 fully saturated rings. The van der Waals surface area contributed by atoms with Crippen molar-refractivity contribution < 1.29 is 48.7 Å². The second-order valence-electron chi connectivity index (χ2n) is 9.33. The van der Waals surface area contributed by atoms with Gasteiger partial charge in [0.15, 0.2) is 0 Å². The van der Waals surface area contributed by atoms with E-state index in [1.807, 2.05) is 37.3 Å². The molecule has 6 rings (SSSR count). The van der Waals surface area contributed by atoms with Gasteiger partial charge in [0.05, 0.1) is 36.3 Å². The summed E-state index contributed by atoms with van der Waals surface area (Å²) in [6.45, 7) is 4.11. The Morgan fingerprint density at radius 1 is 0.800 bits per heavy atom. The molecule has 4 aromatic heterocycles. The molecule has 4 heterocycles. The van der Waals surface area contributed by atoms with Crippen LogP contribution in [0.2, 0.25) is 5.02 Å². The van der Waals surface area contributed by atoms with Crippen LogP contribution in [0.25, 0.3) is 31.6 Å². The van der Waals surface area contributed by atoms with Gasteiger partial charge in [-0.3, -0.25) is 9.97 Å². The van der Waals surface area contributed by atoms with Gasteiger partial charge in [-0.1, -0.05) is 74.0 Å². The zero-order valence-electron chi connectivity index (χ0n) is 24.7. The number of fused-ring (bicyclic) bond motifs is 2. The fourth-order valence-corrected chi connectivity index (χ4v) is 6.57. The summed E-state index contributed by atoms with van der Waals surface area (Å²) in [7, 11) is -1.34. The molecule has 0 unspecified atom stereocenters. The molecule has 0 radical (unpaired) electrons. The molecular weight excluding hydrogens is 626 g/mol. The smallest absolute Gasteiger partial charge is 0.544 e. The quantitative estimate of drug-likeness (QED) is 0.233. The Balaban J connectivity index is 0.000000193. The van der Waals surface area contributed by atoms with Crippen LogP contribution in [0.5, 0.6) is 0 Å². The molecule has 0 aliphatic heterocycles.